The summed E-state index contributed by atoms with van der Waals surface area (Å²) in [6.07, 6.45) is 1.99. The van der Waals surface area contributed by atoms with Gasteiger partial charge in [-0.15, -0.1) is 0 Å². The molecule has 0 heterocycles. The van der Waals surface area contributed by atoms with E-state index in [1.807, 2.05) is 0 Å². The largest absolute Gasteiger partial charge is 0.493 e. The second-order valence-corrected chi connectivity index (χ2v) is 4.14. The number of methoxy groups -OCH3 is 1. The maximum absolute atomic E-state index is 11.5. The zero-order chi connectivity index (χ0) is 14.1. The Morgan fingerprint density at radius 1 is 1.37 bits per heavy atom. The standard InChI is InChI=1S/C14H21NO4/c1-3-4-7-15-14(17)10-19-13-8-11(9-16)5-6-12(13)18-2/h5-6,8,16H,3-4,7,9-10H2,1-2H3,(H,15,17). The molecule has 0 aliphatic carbocycles. The van der Waals surface area contributed by atoms with Crippen molar-refractivity contribution in [1.29, 1.82) is 0 Å². The van der Waals surface area contributed by atoms with Crippen molar-refractivity contribution in [2.75, 3.05) is 20.3 Å². The number of hydrogen-bond acceptors (Lipinski definition) is 4. The Morgan fingerprint density at radius 3 is 2.79 bits per heavy atom. The summed E-state index contributed by atoms with van der Waals surface area (Å²) in [6, 6.07) is 5.11. The van der Waals surface area contributed by atoms with E-state index >= 15 is 0 Å². The number of carbonyl (C=O) groups excluding carboxylic acids is 1. The van der Waals surface area contributed by atoms with E-state index in [0.29, 0.717) is 23.6 Å². The van der Waals surface area contributed by atoms with Gasteiger partial charge in [0.15, 0.2) is 18.1 Å². The van der Waals surface area contributed by atoms with Crippen molar-refractivity contribution in [2.45, 2.75) is 26.4 Å². The first-order chi connectivity index (χ1) is 9.21. The zero-order valence-corrected chi connectivity index (χ0v) is 11.4. The van der Waals surface area contributed by atoms with Gasteiger partial charge in [-0.2, -0.15) is 0 Å². The molecule has 5 nitrogen and oxygen atoms in total. The summed E-state index contributed by atoms with van der Waals surface area (Å²) in [6.45, 7) is 2.58. The zero-order valence-electron chi connectivity index (χ0n) is 11.4. The molecule has 106 valence electrons. The lowest BCUT2D eigenvalue weighted by Crippen LogP contribution is -2.29. The first-order valence-electron chi connectivity index (χ1n) is 6.38. The molecule has 0 spiro atoms. The third-order valence-electron chi connectivity index (χ3n) is 2.62. The Labute approximate surface area is 113 Å². The van der Waals surface area contributed by atoms with Crippen LogP contribution in [-0.2, 0) is 11.4 Å². The van der Waals surface area contributed by atoms with Crippen LogP contribution < -0.4 is 14.8 Å². The smallest absolute Gasteiger partial charge is 0.257 e. The molecule has 1 rings (SSSR count). The average Bonchev–Trinajstić information content (AvgIpc) is 2.45. The van der Waals surface area contributed by atoms with Crippen molar-refractivity contribution >= 4 is 5.91 Å². The van der Waals surface area contributed by atoms with Crippen LogP contribution in [0, 0.1) is 0 Å². The molecule has 0 aliphatic heterocycles. The van der Waals surface area contributed by atoms with Crippen molar-refractivity contribution in [3.8, 4) is 11.5 Å². The summed E-state index contributed by atoms with van der Waals surface area (Å²) < 4.78 is 10.6. The van der Waals surface area contributed by atoms with E-state index in [2.05, 4.69) is 12.2 Å². The number of ether oxygens (including phenoxy) is 2. The third kappa shape index (κ3) is 5.18. The number of benzene rings is 1. The van der Waals surface area contributed by atoms with Gasteiger partial charge in [-0.3, -0.25) is 4.79 Å². The number of rotatable bonds is 8. The molecule has 1 aromatic carbocycles. The van der Waals surface area contributed by atoms with Gasteiger partial charge in [0, 0.05) is 6.54 Å². The van der Waals surface area contributed by atoms with E-state index in [-0.39, 0.29) is 19.1 Å². The number of aliphatic hydroxyl groups excluding tert-OH is 1. The molecule has 1 aromatic rings. The molecule has 0 aliphatic rings. The first kappa shape index (κ1) is 15.3. The van der Waals surface area contributed by atoms with E-state index in [1.54, 1.807) is 18.2 Å². The van der Waals surface area contributed by atoms with Gasteiger partial charge in [0.25, 0.3) is 5.91 Å². The van der Waals surface area contributed by atoms with E-state index in [1.165, 1.54) is 7.11 Å². The molecule has 0 fully saturated rings. The number of nitrogens with one attached hydrogen (secondary N) is 1. The Morgan fingerprint density at radius 2 is 2.16 bits per heavy atom. The molecule has 0 unspecified atom stereocenters. The van der Waals surface area contributed by atoms with Gasteiger partial charge in [-0.05, 0) is 24.1 Å². The maximum Gasteiger partial charge on any atom is 0.257 e. The summed E-state index contributed by atoms with van der Waals surface area (Å²) in [4.78, 5) is 11.5. The summed E-state index contributed by atoms with van der Waals surface area (Å²) in [5.74, 6) is 0.836. The van der Waals surface area contributed by atoms with E-state index in [4.69, 9.17) is 14.6 Å². The second kappa shape index (κ2) is 8.37. The number of aliphatic hydroxyl groups is 1. The highest BCUT2D eigenvalue weighted by Crippen LogP contribution is 2.27. The van der Waals surface area contributed by atoms with E-state index in [9.17, 15) is 4.79 Å². The van der Waals surface area contributed by atoms with Gasteiger partial charge >= 0.3 is 0 Å². The van der Waals surface area contributed by atoms with Gasteiger partial charge in [-0.25, -0.2) is 0 Å². The van der Waals surface area contributed by atoms with Crippen molar-refractivity contribution < 1.29 is 19.4 Å². The van der Waals surface area contributed by atoms with Crippen LogP contribution in [0.25, 0.3) is 0 Å². The monoisotopic (exact) mass is 267 g/mol. The summed E-state index contributed by atoms with van der Waals surface area (Å²) >= 11 is 0. The van der Waals surface area contributed by atoms with Gasteiger partial charge in [-0.1, -0.05) is 19.4 Å². The fraction of sp³-hybridized carbons (Fsp3) is 0.500. The molecule has 0 bridgehead atoms. The Balaban J connectivity index is 2.53. The van der Waals surface area contributed by atoms with Crippen LogP contribution in [0.1, 0.15) is 25.3 Å². The predicted molar refractivity (Wildman–Crippen MR) is 72.3 cm³/mol. The van der Waals surface area contributed by atoms with E-state index in [0.717, 1.165) is 12.8 Å². The maximum atomic E-state index is 11.5. The van der Waals surface area contributed by atoms with Crippen molar-refractivity contribution in [2.24, 2.45) is 0 Å². The molecule has 1 amide bonds. The average molecular weight is 267 g/mol. The predicted octanol–water partition coefficient (Wildman–Crippen LogP) is 1.48. The first-order valence-corrected chi connectivity index (χ1v) is 6.38. The number of carbonyl (C=O) groups is 1. The van der Waals surface area contributed by atoms with Crippen LogP contribution in [0.5, 0.6) is 11.5 Å². The van der Waals surface area contributed by atoms with Crippen molar-refractivity contribution in [1.82, 2.24) is 5.32 Å². The summed E-state index contributed by atoms with van der Waals surface area (Å²) in [7, 11) is 1.53. The van der Waals surface area contributed by atoms with Crippen molar-refractivity contribution in [3.63, 3.8) is 0 Å². The van der Waals surface area contributed by atoms with Crippen LogP contribution >= 0.6 is 0 Å². The van der Waals surface area contributed by atoms with Gasteiger partial charge in [0.1, 0.15) is 0 Å². The molecule has 0 saturated heterocycles. The summed E-state index contributed by atoms with van der Waals surface area (Å²) in [5.41, 5.74) is 0.710. The number of unbranched alkanes of at least 4 members (excludes halogenated alkanes) is 1. The topological polar surface area (TPSA) is 67.8 Å². The molecule has 2 N–H and O–H groups in total. The molecule has 0 radical (unpaired) electrons. The van der Waals surface area contributed by atoms with Crippen LogP contribution in [0.4, 0.5) is 0 Å². The molecule has 19 heavy (non-hydrogen) atoms. The number of amides is 1. The minimum Gasteiger partial charge on any atom is -0.493 e. The lowest BCUT2D eigenvalue weighted by molar-refractivity contribution is -0.123. The van der Waals surface area contributed by atoms with Crippen LogP contribution in [0.3, 0.4) is 0 Å². The number of hydrogen-bond donors (Lipinski definition) is 2. The molecule has 5 heteroatoms. The molecule has 0 aromatic heterocycles. The molecular weight excluding hydrogens is 246 g/mol. The lowest BCUT2D eigenvalue weighted by Gasteiger charge is -2.11. The fourth-order valence-electron chi connectivity index (χ4n) is 1.53. The second-order valence-electron chi connectivity index (χ2n) is 4.14. The molecule has 0 saturated carbocycles. The highest BCUT2D eigenvalue weighted by molar-refractivity contribution is 5.77. The van der Waals surface area contributed by atoms with Gasteiger partial charge in [0.2, 0.25) is 0 Å². The van der Waals surface area contributed by atoms with Gasteiger partial charge in [0.05, 0.1) is 13.7 Å². The van der Waals surface area contributed by atoms with Crippen LogP contribution in [-0.4, -0.2) is 31.3 Å². The minimum absolute atomic E-state index is 0.0606. The highest BCUT2D eigenvalue weighted by atomic mass is 16.5. The van der Waals surface area contributed by atoms with E-state index < -0.39 is 0 Å². The fourth-order valence-corrected chi connectivity index (χ4v) is 1.53. The Kier molecular flexibility index (Phi) is 6.74. The van der Waals surface area contributed by atoms with Crippen molar-refractivity contribution in [3.05, 3.63) is 23.8 Å². The quantitative estimate of drug-likeness (QED) is 0.700. The lowest BCUT2D eigenvalue weighted by atomic mass is 10.2. The molecular formula is C14H21NO4. The van der Waals surface area contributed by atoms with Crippen LogP contribution in [0.2, 0.25) is 0 Å². The normalized spacial score (nSPS) is 10.1. The summed E-state index contributed by atoms with van der Waals surface area (Å²) in [5, 5.41) is 11.8. The minimum atomic E-state index is -0.162. The third-order valence-corrected chi connectivity index (χ3v) is 2.62. The Hall–Kier alpha value is -1.75. The van der Waals surface area contributed by atoms with Gasteiger partial charge < -0.3 is 19.9 Å². The molecule has 0 atom stereocenters. The van der Waals surface area contributed by atoms with Crippen LogP contribution in [0.15, 0.2) is 18.2 Å². The Bertz CT molecular complexity index is 406. The highest BCUT2D eigenvalue weighted by Gasteiger charge is 2.08. The SMILES string of the molecule is CCCCNC(=O)COc1cc(CO)ccc1OC.